The van der Waals surface area contributed by atoms with Crippen LogP contribution in [0.3, 0.4) is 0 Å². The summed E-state index contributed by atoms with van der Waals surface area (Å²) in [6.07, 6.45) is 1.85. The fourth-order valence-corrected chi connectivity index (χ4v) is 1.62. The summed E-state index contributed by atoms with van der Waals surface area (Å²) in [5.41, 5.74) is 1.58. The van der Waals surface area contributed by atoms with Gasteiger partial charge in [-0.3, -0.25) is 4.79 Å². The molecule has 0 spiro atoms. The summed E-state index contributed by atoms with van der Waals surface area (Å²) in [5, 5.41) is 12.8. The van der Waals surface area contributed by atoms with Crippen LogP contribution in [0, 0.1) is 5.92 Å². The van der Waals surface area contributed by atoms with Gasteiger partial charge in [-0.1, -0.05) is 13.0 Å². The summed E-state index contributed by atoms with van der Waals surface area (Å²) >= 11 is 0. The standard InChI is InChI=1S/C13H16N2O2/c1-9(8-16)7-15-13(17)11-3-2-10-4-5-14-12(10)6-11/h2-6,9,14,16H,7-8H2,1H3,(H,15,17). The lowest BCUT2D eigenvalue weighted by Gasteiger charge is -2.09. The van der Waals surface area contributed by atoms with E-state index in [1.54, 1.807) is 6.07 Å². The molecular formula is C13H16N2O2. The number of aromatic amines is 1. The quantitative estimate of drug-likeness (QED) is 0.748. The number of carbonyl (C=O) groups is 1. The van der Waals surface area contributed by atoms with E-state index in [2.05, 4.69) is 10.3 Å². The first kappa shape index (κ1) is 11.7. The van der Waals surface area contributed by atoms with E-state index < -0.39 is 0 Å². The van der Waals surface area contributed by atoms with Gasteiger partial charge in [0, 0.05) is 30.4 Å². The van der Waals surface area contributed by atoms with Crippen molar-refractivity contribution in [2.45, 2.75) is 6.92 Å². The van der Waals surface area contributed by atoms with Crippen LogP contribution in [0.15, 0.2) is 30.5 Å². The summed E-state index contributed by atoms with van der Waals surface area (Å²) in [5.74, 6) is -0.0324. The highest BCUT2D eigenvalue weighted by Crippen LogP contribution is 2.14. The van der Waals surface area contributed by atoms with E-state index in [9.17, 15) is 4.79 Å². The van der Waals surface area contributed by atoms with E-state index in [1.807, 2.05) is 31.3 Å². The Kier molecular flexibility index (Phi) is 3.44. The Labute approximate surface area is 99.7 Å². The number of nitrogens with one attached hydrogen (secondary N) is 2. The Morgan fingerprint density at radius 3 is 3.06 bits per heavy atom. The number of H-pyrrole nitrogens is 1. The van der Waals surface area contributed by atoms with Crippen LogP contribution in [0.25, 0.3) is 10.9 Å². The predicted molar refractivity (Wildman–Crippen MR) is 66.9 cm³/mol. The summed E-state index contributed by atoms with van der Waals surface area (Å²) in [7, 11) is 0. The zero-order chi connectivity index (χ0) is 12.3. The maximum Gasteiger partial charge on any atom is 0.251 e. The van der Waals surface area contributed by atoms with Gasteiger partial charge < -0.3 is 15.4 Å². The smallest absolute Gasteiger partial charge is 0.251 e. The van der Waals surface area contributed by atoms with Gasteiger partial charge in [-0.25, -0.2) is 0 Å². The van der Waals surface area contributed by atoms with Gasteiger partial charge in [0.1, 0.15) is 0 Å². The molecule has 90 valence electrons. The number of hydrogen-bond acceptors (Lipinski definition) is 2. The van der Waals surface area contributed by atoms with E-state index in [1.165, 1.54) is 0 Å². The van der Waals surface area contributed by atoms with Gasteiger partial charge in [-0.15, -0.1) is 0 Å². The highest BCUT2D eigenvalue weighted by Gasteiger charge is 2.08. The number of amides is 1. The van der Waals surface area contributed by atoms with Crippen LogP contribution in [-0.4, -0.2) is 29.1 Å². The molecule has 1 aromatic heterocycles. The average Bonchev–Trinajstić information content (AvgIpc) is 2.82. The van der Waals surface area contributed by atoms with Gasteiger partial charge in [-0.2, -0.15) is 0 Å². The average molecular weight is 232 g/mol. The molecule has 1 aromatic carbocycles. The van der Waals surface area contributed by atoms with Gasteiger partial charge >= 0.3 is 0 Å². The minimum atomic E-state index is -0.109. The van der Waals surface area contributed by atoms with Crippen LogP contribution in [-0.2, 0) is 0 Å². The van der Waals surface area contributed by atoms with E-state index >= 15 is 0 Å². The largest absolute Gasteiger partial charge is 0.396 e. The molecule has 0 saturated carbocycles. The lowest BCUT2D eigenvalue weighted by atomic mass is 10.1. The molecule has 1 atom stereocenters. The Bertz CT molecular complexity index is 519. The third-order valence-corrected chi connectivity index (χ3v) is 2.74. The first-order chi connectivity index (χ1) is 8.20. The van der Waals surface area contributed by atoms with Crippen LogP contribution in [0.2, 0.25) is 0 Å². The van der Waals surface area contributed by atoms with Crippen molar-refractivity contribution in [3.8, 4) is 0 Å². The first-order valence-corrected chi connectivity index (χ1v) is 5.67. The van der Waals surface area contributed by atoms with Crippen molar-refractivity contribution in [1.29, 1.82) is 0 Å². The minimum absolute atomic E-state index is 0.0770. The number of aliphatic hydroxyl groups excluding tert-OH is 1. The Balaban J connectivity index is 2.08. The molecule has 4 heteroatoms. The van der Waals surface area contributed by atoms with Crippen LogP contribution in [0.5, 0.6) is 0 Å². The second-order valence-corrected chi connectivity index (χ2v) is 4.28. The molecule has 0 aliphatic carbocycles. The van der Waals surface area contributed by atoms with Crippen molar-refractivity contribution in [1.82, 2.24) is 10.3 Å². The molecule has 0 aliphatic rings. The lowest BCUT2D eigenvalue weighted by Crippen LogP contribution is -2.29. The summed E-state index contributed by atoms with van der Waals surface area (Å²) in [6, 6.07) is 7.50. The van der Waals surface area contributed by atoms with E-state index in [-0.39, 0.29) is 18.4 Å². The Morgan fingerprint density at radius 1 is 1.47 bits per heavy atom. The van der Waals surface area contributed by atoms with E-state index in [4.69, 9.17) is 5.11 Å². The number of rotatable bonds is 4. The maximum atomic E-state index is 11.8. The van der Waals surface area contributed by atoms with Gasteiger partial charge in [-0.05, 0) is 29.5 Å². The fraction of sp³-hybridized carbons (Fsp3) is 0.308. The third-order valence-electron chi connectivity index (χ3n) is 2.74. The summed E-state index contributed by atoms with van der Waals surface area (Å²) < 4.78 is 0. The molecule has 0 bridgehead atoms. The van der Waals surface area contributed by atoms with Gasteiger partial charge in [0.15, 0.2) is 0 Å². The Hall–Kier alpha value is -1.81. The molecule has 1 heterocycles. The van der Waals surface area contributed by atoms with Crippen LogP contribution < -0.4 is 5.32 Å². The lowest BCUT2D eigenvalue weighted by molar-refractivity contribution is 0.0942. The second-order valence-electron chi connectivity index (χ2n) is 4.28. The molecule has 1 amide bonds. The van der Waals surface area contributed by atoms with Crippen molar-refractivity contribution in [3.63, 3.8) is 0 Å². The van der Waals surface area contributed by atoms with Gasteiger partial charge in [0.25, 0.3) is 5.91 Å². The fourth-order valence-electron chi connectivity index (χ4n) is 1.62. The topological polar surface area (TPSA) is 65.1 Å². The van der Waals surface area contributed by atoms with Crippen LogP contribution in [0.4, 0.5) is 0 Å². The molecular weight excluding hydrogens is 216 g/mol. The number of aromatic nitrogens is 1. The zero-order valence-electron chi connectivity index (χ0n) is 9.73. The van der Waals surface area contributed by atoms with Crippen molar-refractivity contribution < 1.29 is 9.90 Å². The summed E-state index contributed by atoms with van der Waals surface area (Å²) in [4.78, 5) is 14.9. The molecule has 0 saturated heterocycles. The molecule has 0 radical (unpaired) electrons. The van der Waals surface area contributed by atoms with Crippen LogP contribution in [0.1, 0.15) is 17.3 Å². The van der Waals surface area contributed by atoms with Crippen molar-refractivity contribution >= 4 is 16.8 Å². The second kappa shape index (κ2) is 5.01. The van der Waals surface area contributed by atoms with Gasteiger partial charge in [0.05, 0.1) is 0 Å². The predicted octanol–water partition coefficient (Wildman–Crippen LogP) is 1.53. The first-order valence-electron chi connectivity index (χ1n) is 5.67. The summed E-state index contributed by atoms with van der Waals surface area (Å²) in [6.45, 7) is 2.45. The highest BCUT2D eigenvalue weighted by atomic mass is 16.3. The van der Waals surface area contributed by atoms with Crippen LogP contribution >= 0.6 is 0 Å². The zero-order valence-corrected chi connectivity index (χ0v) is 9.73. The molecule has 2 aromatic rings. The van der Waals surface area contributed by atoms with E-state index in [0.717, 1.165) is 10.9 Å². The minimum Gasteiger partial charge on any atom is -0.396 e. The van der Waals surface area contributed by atoms with Crippen molar-refractivity contribution in [2.75, 3.05) is 13.2 Å². The highest BCUT2D eigenvalue weighted by molar-refractivity contribution is 5.97. The van der Waals surface area contributed by atoms with Crippen molar-refractivity contribution in [3.05, 3.63) is 36.0 Å². The number of benzene rings is 1. The number of fused-ring (bicyclic) bond motifs is 1. The van der Waals surface area contributed by atoms with Gasteiger partial charge in [0.2, 0.25) is 0 Å². The molecule has 2 rings (SSSR count). The van der Waals surface area contributed by atoms with Crippen molar-refractivity contribution in [2.24, 2.45) is 5.92 Å². The number of aliphatic hydroxyl groups is 1. The molecule has 4 nitrogen and oxygen atoms in total. The Morgan fingerprint density at radius 2 is 2.29 bits per heavy atom. The number of hydrogen-bond donors (Lipinski definition) is 3. The SMILES string of the molecule is CC(CO)CNC(=O)c1ccc2cc[nH]c2c1. The molecule has 0 fully saturated rings. The number of carbonyl (C=O) groups excluding carboxylic acids is 1. The van der Waals surface area contributed by atoms with E-state index in [0.29, 0.717) is 12.1 Å². The third kappa shape index (κ3) is 2.65. The maximum absolute atomic E-state index is 11.8. The molecule has 0 aliphatic heterocycles. The molecule has 1 unspecified atom stereocenters. The molecule has 3 N–H and O–H groups in total. The normalized spacial score (nSPS) is 12.6. The monoisotopic (exact) mass is 232 g/mol. The molecule has 17 heavy (non-hydrogen) atoms.